The third-order valence-corrected chi connectivity index (χ3v) is 4.45. The standard InChI is InChI=1S/C16H23ClN2/c1-5-16(4,6-2)19-14-8-7-12(3)11-13(14)18-15(19)9-10-17/h7-8,11H,5-6,9-10H2,1-4H3. The second kappa shape index (κ2) is 5.54. The van der Waals surface area contributed by atoms with Gasteiger partial charge in [0, 0.05) is 17.8 Å². The molecule has 0 unspecified atom stereocenters. The molecule has 1 heterocycles. The Bertz CT molecular complexity index is 567. The van der Waals surface area contributed by atoms with Crippen molar-refractivity contribution in [3.05, 3.63) is 29.6 Å². The minimum Gasteiger partial charge on any atom is -0.322 e. The number of nitrogens with zero attached hydrogens (tertiary/aromatic N) is 2. The van der Waals surface area contributed by atoms with Crippen LogP contribution >= 0.6 is 11.6 Å². The van der Waals surface area contributed by atoms with Crippen molar-refractivity contribution in [3.63, 3.8) is 0 Å². The molecule has 2 aromatic rings. The van der Waals surface area contributed by atoms with Gasteiger partial charge in [0.25, 0.3) is 0 Å². The van der Waals surface area contributed by atoms with Crippen molar-refractivity contribution in [2.24, 2.45) is 0 Å². The summed E-state index contributed by atoms with van der Waals surface area (Å²) in [5.41, 5.74) is 3.69. The largest absolute Gasteiger partial charge is 0.322 e. The molecule has 1 aromatic heterocycles. The van der Waals surface area contributed by atoms with Crippen molar-refractivity contribution in [2.45, 2.75) is 52.5 Å². The highest BCUT2D eigenvalue weighted by atomic mass is 35.5. The van der Waals surface area contributed by atoms with E-state index in [9.17, 15) is 0 Å². The maximum Gasteiger partial charge on any atom is 0.111 e. The van der Waals surface area contributed by atoms with Gasteiger partial charge in [-0.15, -0.1) is 11.6 Å². The Morgan fingerprint density at radius 1 is 1.26 bits per heavy atom. The number of rotatable bonds is 5. The van der Waals surface area contributed by atoms with Gasteiger partial charge in [-0.1, -0.05) is 19.9 Å². The molecule has 1 aromatic carbocycles. The summed E-state index contributed by atoms with van der Waals surface area (Å²) in [6, 6.07) is 6.52. The summed E-state index contributed by atoms with van der Waals surface area (Å²) in [5, 5.41) is 0. The number of alkyl halides is 1. The van der Waals surface area contributed by atoms with Crippen LogP contribution in [-0.4, -0.2) is 15.4 Å². The molecule has 19 heavy (non-hydrogen) atoms. The Hall–Kier alpha value is -1.02. The number of aryl methyl sites for hydroxylation is 2. The maximum absolute atomic E-state index is 5.95. The number of imidazole rings is 1. The van der Waals surface area contributed by atoms with Gasteiger partial charge >= 0.3 is 0 Å². The molecule has 0 bridgehead atoms. The average Bonchev–Trinajstić information content (AvgIpc) is 2.76. The van der Waals surface area contributed by atoms with Crippen LogP contribution in [0.4, 0.5) is 0 Å². The van der Waals surface area contributed by atoms with Crippen LogP contribution in [0, 0.1) is 6.92 Å². The van der Waals surface area contributed by atoms with Crippen LogP contribution in [0.2, 0.25) is 0 Å². The molecule has 0 amide bonds. The summed E-state index contributed by atoms with van der Waals surface area (Å²) in [5.74, 6) is 1.73. The van der Waals surface area contributed by atoms with Gasteiger partial charge in [0.2, 0.25) is 0 Å². The zero-order valence-corrected chi connectivity index (χ0v) is 13.1. The van der Waals surface area contributed by atoms with Crippen LogP contribution < -0.4 is 0 Å². The summed E-state index contributed by atoms with van der Waals surface area (Å²) in [6.07, 6.45) is 3.01. The fourth-order valence-electron chi connectivity index (χ4n) is 2.66. The van der Waals surface area contributed by atoms with Gasteiger partial charge < -0.3 is 4.57 Å². The van der Waals surface area contributed by atoms with Gasteiger partial charge in [-0.3, -0.25) is 0 Å². The second-order valence-electron chi connectivity index (χ2n) is 5.50. The highest BCUT2D eigenvalue weighted by molar-refractivity contribution is 6.17. The van der Waals surface area contributed by atoms with Crippen molar-refractivity contribution in [1.29, 1.82) is 0 Å². The molecular weight excluding hydrogens is 256 g/mol. The molecule has 0 atom stereocenters. The Balaban J connectivity index is 2.71. The summed E-state index contributed by atoms with van der Waals surface area (Å²) in [4.78, 5) is 4.80. The fourth-order valence-corrected chi connectivity index (χ4v) is 2.83. The third-order valence-electron chi connectivity index (χ3n) is 4.26. The predicted octanol–water partition coefficient (Wildman–Crippen LogP) is 4.66. The smallest absolute Gasteiger partial charge is 0.111 e. The Kier molecular flexibility index (Phi) is 4.19. The topological polar surface area (TPSA) is 17.8 Å². The van der Waals surface area contributed by atoms with E-state index in [1.54, 1.807) is 0 Å². The van der Waals surface area contributed by atoms with Crippen molar-refractivity contribution < 1.29 is 0 Å². The number of halogens is 1. The number of fused-ring (bicyclic) bond motifs is 1. The molecule has 0 aliphatic carbocycles. The lowest BCUT2D eigenvalue weighted by Gasteiger charge is -2.31. The molecule has 0 aliphatic heterocycles. The number of benzene rings is 1. The molecule has 0 saturated heterocycles. The lowest BCUT2D eigenvalue weighted by molar-refractivity contribution is 0.294. The van der Waals surface area contributed by atoms with E-state index in [1.807, 2.05) is 0 Å². The summed E-state index contributed by atoms with van der Waals surface area (Å²) in [6.45, 7) is 8.91. The Labute approximate surface area is 120 Å². The minimum absolute atomic E-state index is 0.116. The monoisotopic (exact) mass is 278 g/mol. The van der Waals surface area contributed by atoms with E-state index in [2.05, 4.69) is 50.5 Å². The van der Waals surface area contributed by atoms with Crippen LogP contribution in [0.3, 0.4) is 0 Å². The maximum atomic E-state index is 5.95. The van der Waals surface area contributed by atoms with Gasteiger partial charge in [-0.25, -0.2) is 4.98 Å². The molecule has 0 fully saturated rings. The first kappa shape index (κ1) is 14.4. The van der Waals surface area contributed by atoms with Crippen molar-refractivity contribution in [3.8, 4) is 0 Å². The van der Waals surface area contributed by atoms with E-state index in [0.29, 0.717) is 5.88 Å². The minimum atomic E-state index is 0.116. The first-order chi connectivity index (χ1) is 9.05. The first-order valence-corrected chi connectivity index (χ1v) is 7.63. The first-order valence-electron chi connectivity index (χ1n) is 7.10. The molecule has 0 radical (unpaired) electrons. The highest BCUT2D eigenvalue weighted by Crippen LogP contribution is 2.31. The molecule has 0 aliphatic rings. The van der Waals surface area contributed by atoms with E-state index in [4.69, 9.17) is 16.6 Å². The van der Waals surface area contributed by atoms with Gasteiger partial charge in [-0.2, -0.15) is 0 Å². The Morgan fingerprint density at radius 3 is 2.53 bits per heavy atom. The third kappa shape index (κ3) is 2.51. The summed E-state index contributed by atoms with van der Waals surface area (Å²) >= 11 is 5.95. The van der Waals surface area contributed by atoms with Gasteiger partial charge in [0.1, 0.15) is 5.82 Å². The Morgan fingerprint density at radius 2 is 1.95 bits per heavy atom. The number of hydrogen-bond donors (Lipinski definition) is 0. The van der Waals surface area contributed by atoms with Crippen molar-refractivity contribution >= 4 is 22.6 Å². The van der Waals surface area contributed by atoms with E-state index in [-0.39, 0.29) is 5.54 Å². The molecule has 2 rings (SSSR count). The second-order valence-corrected chi connectivity index (χ2v) is 5.88. The van der Waals surface area contributed by atoms with Crippen molar-refractivity contribution in [1.82, 2.24) is 9.55 Å². The highest BCUT2D eigenvalue weighted by Gasteiger charge is 2.27. The van der Waals surface area contributed by atoms with Gasteiger partial charge in [0.05, 0.1) is 11.0 Å². The predicted molar refractivity (Wildman–Crippen MR) is 83.1 cm³/mol. The van der Waals surface area contributed by atoms with Crippen LogP contribution in [0.1, 0.15) is 45.0 Å². The normalized spacial score (nSPS) is 12.3. The van der Waals surface area contributed by atoms with E-state index in [1.165, 1.54) is 11.1 Å². The van der Waals surface area contributed by atoms with Crippen LogP contribution in [0.15, 0.2) is 18.2 Å². The lowest BCUT2D eigenvalue weighted by atomic mass is 9.94. The van der Waals surface area contributed by atoms with E-state index >= 15 is 0 Å². The van der Waals surface area contributed by atoms with Crippen molar-refractivity contribution in [2.75, 3.05) is 5.88 Å². The number of aromatic nitrogens is 2. The zero-order valence-electron chi connectivity index (χ0n) is 12.3. The van der Waals surface area contributed by atoms with Gasteiger partial charge in [0.15, 0.2) is 0 Å². The molecule has 0 N–H and O–H groups in total. The van der Waals surface area contributed by atoms with Gasteiger partial charge in [-0.05, 0) is 44.4 Å². The van der Waals surface area contributed by atoms with E-state index in [0.717, 1.165) is 30.6 Å². The summed E-state index contributed by atoms with van der Waals surface area (Å²) < 4.78 is 2.41. The zero-order chi connectivity index (χ0) is 14.0. The van der Waals surface area contributed by atoms with E-state index < -0.39 is 0 Å². The summed E-state index contributed by atoms with van der Waals surface area (Å²) in [7, 11) is 0. The lowest BCUT2D eigenvalue weighted by Crippen LogP contribution is -2.30. The average molecular weight is 279 g/mol. The van der Waals surface area contributed by atoms with Crippen LogP contribution in [0.25, 0.3) is 11.0 Å². The molecular formula is C16H23ClN2. The van der Waals surface area contributed by atoms with Crippen LogP contribution in [-0.2, 0) is 12.0 Å². The quantitative estimate of drug-likeness (QED) is 0.727. The van der Waals surface area contributed by atoms with Crippen LogP contribution in [0.5, 0.6) is 0 Å². The molecule has 0 spiro atoms. The fraction of sp³-hybridized carbons (Fsp3) is 0.562. The molecule has 0 saturated carbocycles. The number of hydrogen-bond acceptors (Lipinski definition) is 1. The molecule has 104 valence electrons. The molecule has 3 heteroatoms. The molecule has 2 nitrogen and oxygen atoms in total. The SMILES string of the molecule is CCC(C)(CC)n1c(CCCl)nc2cc(C)ccc21.